The fourth-order valence-corrected chi connectivity index (χ4v) is 3.44. The molecule has 3 rings (SSSR count). The van der Waals surface area contributed by atoms with Crippen molar-refractivity contribution in [2.24, 2.45) is 5.92 Å². The molecule has 5 nitrogen and oxygen atoms in total. The van der Waals surface area contributed by atoms with Gasteiger partial charge in [0, 0.05) is 32.0 Å². The molecule has 0 aliphatic heterocycles. The number of aromatic amines is 1. The number of nitrogens with zero attached hydrogens (tertiary/aromatic N) is 1. The highest BCUT2D eigenvalue weighted by molar-refractivity contribution is 5.97. The average Bonchev–Trinajstić information content (AvgIpc) is 2.99. The molecule has 0 saturated heterocycles. The first-order valence-corrected chi connectivity index (χ1v) is 8.44. The number of hydrogen-bond donors (Lipinski definition) is 1. The molecule has 1 fully saturated rings. The monoisotopic (exact) mass is 316 g/mol. The van der Waals surface area contributed by atoms with Crippen LogP contribution in [-0.4, -0.2) is 34.8 Å². The first-order valence-electron chi connectivity index (χ1n) is 8.44. The van der Waals surface area contributed by atoms with Crippen LogP contribution in [0.4, 0.5) is 0 Å². The molecule has 1 heterocycles. The average molecular weight is 316 g/mol. The number of imidazole rings is 1. The van der Waals surface area contributed by atoms with Crippen molar-refractivity contribution < 1.29 is 14.3 Å². The number of H-pyrrole nitrogens is 1. The largest absolute Gasteiger partial charge is 0.350 e. The van der Waals surface area contributed by atoms with Crippen LogP contribution >= 0.6 is 0 Å². The Kier molecular flexibility index (Phi) is 4.78. The third-order valence-corrected chi connectivity index (χ3v) is 4.56. The maximum atomic E-state index is 12.7. The highest BCUT2D eigenvalue weighted by Gasteiger charge is 2.39. The van der Waals surface area contributed by atoms with Gasteiger partial charge in [-0.05, 0) is 38.8 Å². The van der Waals surface area contributed by atoms with Gasteiger partial charge in [-0.3, -0.25) is 4.79 Å². The van der Waals surface area contributed by atoms with Gasteiger partial charge in [0.15, 0.2) is 11.6 Å². The van der Waals surface area contributed by atoms with Crippen LogP contribution in [-0.2, 0) is 9.47 Å². The van der Waals surface area contributed by atoms with Gasteiger partial charge < -0.3 is 14.5 Å². The molecule has 1 aliphatic rings. The van der Waals surface area contributed by atoms with Crippen molar-refractivity contribution in [1.82, 2.24) is 9.97 Å². The van der Waals surface area contributed by atoms with E-state index in [2.05, 4.69) is 9.97 Å². The lowest BCUT2D eigenvalue weighted by molar-refractivity contribution is -0.250. The SMILES string of the molecule is CCOC1(OCC)CCC(C(=O)c2nc3ccccc3[nH]2)CC1. The highest BCUT2D eigenvalue weighted by Crippen LogP contribution is 2.37. The van der Waals surface area contributed by atoms with Crippen LogP contribution in [0.3, 0.4) is 0 Å². The minimum absolute atomic E-state index is 0.00963. The number of nitrogens with one attached hydrogen (secondary N) is 1. The first-order chi connectivity index (χ1) is 11.2. The maximum Gasteiger partial charge on any atom is 0.201 e. The molecule has 2 aromatic rings. The Morgan fingerprint density at radius 3 is 2.48 bits per heavy atom. The van der Waals surface area contributed by atoms with Gasteiger partial charge in [0.2, 0.25) is 5.78 Å². The minimum atomic E-state index is -0.506. The zero-order valence-corrected chi connectivity index (χ0v) is 13.8. The van der Waals surface area contributed by atoms with Gasteiger partial charge in [-0.1, -0.05) is 12.1 Å². The highest BCUT2D eigenvalue weighted by atomic mass is 16.7. The van der Waals surface area contributed by atoms with Gasteiger partial charge in [0.1, 0.15) is 0 Å². The second-order valence-electron chi connectivity index (χ2n) is 6.02. The van der Waals surface area contributed by atoms with Gasteiger partial charge in [0.05, 0.1) is 11.0 Å². The summed E-state index contributed by atoms with van der Waals surface area (Å²) >= 11 is 0. The van der Waals surface area contributed by atoms with Crippen LogP contribution in [0, 0.1) is 5.92 Å². The van der Waals surface area contributed by atoms with Crippen molar-refractivity contribution >= 4 is 16.8 Å². The zero-order valence-electron chi connectivity index (χ0n) is 13.8. The fourth-order valence-electron chi connectivity index (χ4n) is 3.44. The van der Waals surface area contributed by atoms with Crippen LogP contribution in [0.1, 0.15) is 50.1 Å². The molecule has 23 heavy (non-hydrogen) atoms. The molecular weight excluding hydrogens is 292 g/mol. The van der Waals surface area contributed by atoms with E-state index in [1.54, 1.807) is 0 Å². The third kappa shape index (κ3) is 3.31. The zero-order chi connectivity index (χ0) is 16.3. The summed E-state index contributed by atoms with van der Waals surface area (Å²) in [5.41, 5.74) is 1.74. The molecule has 0 atom stereocenters. The summed E-state index contributed by atoms with van der Waals surface area (Å²) in [6.45, 7) is 5.21. The Balaban J connectivity index is 1.70. The van der Waals surface area contributed by atoms with E-state index in [1.165, 1.54) is 0 Å². The molecule has 0 unspecified atom stereocenters. The van der Waals surface area contributed by atoms with Gasteiger partial charge in [-0.2, -0.15) is 0 Å². The Morgan fingerprint density at radius 2 is 1.87 bits per heavy atom. The summed E-state index contributed by atoms with van der Waals surface area (Å²) in [6.07, 6.45) is 3.06. The summed E-state index contributed by atoms with van der Waals surface area (Å²) < 4.78 is 11.7. The van der Waals surface area contributed by atoms with Crippen LogP contribution in [0.5, 0.6) is 0 Å². The van der Waals surface area contributed by atoms with Gasteiger partial charge >= 0.3 is 0 Å². The quantitative estimate of drug-likeness (QED) is 0.652. The number of Topliss-reactive ketones (excluding diaryl/α,β-unsaturated/α-hetero) is 1. The Morgan fingerprint density at radius 1 is 1.22 bits per heavy atom. The molecule has 1 N–H and O–H groups in total. The van der Waals surface area contributed by atoms with Gasteiger partial charge in [-0.15, -0.1) is 0 Å². The van der Waals surface area contributed by atoms with E-state index < -0.39 is 5.79 Å². The summed E-state index contributed by atoms with van der Waals surface area (Å²) in [4.78, 5) is 20.3. The molecule has 0 amide bonds. The van der Waals surface area contributed by atoms with E-state index in [0.29, 0.717) is 19.0 Å². The number of rotatable bonds is 6. The standard InChI is InChI=1S/C18H24N2O3/c1-3-22-18(23-4-2)11-9-13(10-12-18)16(21)17-19-14-7-5-6-8-15(14)20-17/h5-8,13H,3-4,9-12H2,1-2H3,(H,19,20). The lowest BCUT2D eigenvalue weighted by atomic mass is 9.82. The smallest absolute Gasteiger partial charge is 0.201 e. The number of ketones is 1. The number of carbonyl (C=O) groups is 1. The molecule has 0 spiro atoms. The normalized spacial score (nSPS) is 18.3. The van der Waals surface area contributed by atoms with Crippen molar-refractivity contribution in [1.29, 1.82) is 0 Å². The molecule has 5 heteroatoms. The number of para-hydroxylation sites is 2. The minimum Gasteiger partial charge on any atom is -0.350 e. The van der Waals surface area contributed by atoms with E-state index >= 15 is 0 Å². The molecular formula is C18H24N2O3. The van der Waals surface area contributed by atoms with E-state index in [4.69, 9.17) is 9.47 Å². The van der Waals surface area contributed by atoms with Crippen molar-refractivity contribution in [2.45, 2.75) is 45.3 Å². The summed E-state index contributed by atoms with van der Waals surface area (Å²) in [5, 5.41) is 0. The van der Waals surface area contributed by atoms with Crippen LogP contribution < -0.4 is 0 Å². The van der Waals surface area contributed by atoms with Crippen molar-refractivity contribution in [2.75, 3.05) is 13.2 Å². The maximum absolute atomic E-state index is 12.7. The summed E-state index contributed by atoms with van der Waals surface area (Å²) in [5.74, 6) is 0.0534. The van der Waals surface area contributed by atoms with E-state index in [0.717, 1.165) is 36.7 Å². The number of ether oxygens (including phenoxy) is 2. The molecule has 0 bridgehead atoms. The molecule has 1 aromatic heterocycles. The number of hydrogen-bond acceptors (Lipinski definition) is 4. The van der Waals surface area contributed by atoms with E-state index in [1.807, 2.05) is 38.1 Å². The second kappa shape index (κ2) is 6.81. The third-order valence-electron chi connectivity index (χ3n) is 4.56. The molecule has 1 aromatic carbocycles. The molecule has 1 saturated carbocycles. The van der Waals surface area contributed by atoms with Gasteiger partial charge in [0.25, 0.3) is 0 Å². The number of fused-ring (bicyclic) bond motifs is 1. The lowest BCUT2D eigenvalue weighted by Gasteiger charge is -2.38. The van der Waals surface area contributed by atoms with Crippen molar-refractivity contribution in [3.63, 3.8) is 0 Å². The summed E-state index contributed by atoms with van der Waals surface area (Å²) in [6, 6.07) is 7.72. The van der Waals surface area contributed by atoms with Crippen LogP contribution in [0.25, 0.3) is 11.0 Å². The van der Waals surface area contributed by atoms with E-state index in [9.17, 15) is 4.79 Å². The first kappa shape index (κ1) is 16.1. The number of benzene rings is 1. The van der Waals surface area contributed by atoms with Crippen LogP contribution in [0.15, 0.2) is 24.3 Å². The Bertz CT molecular complexity index is 631. The summed E-state index contributed by atoms with van der Waals surface area (Å²) in [7, 11) is 0. The number of carbonyl (C=O) groups excluding carboxylic acids is 1. The molecule has 1 aliphatic carbocycles. The van der Waals surface area contributed by atoms with E-state index in [-0.39, 0.29) is 11.7 Å². The number of aromatic nitrogens is 2. The van der Waals surface area contributed by atoms with Crippen molar-refractivity contribution in [3.8, 4) is 0 Å². The lowest BCUT2D eigenvalue weighted by Crippen LogP contribution is -2.41. The van der Waals surface area contributed by atoms with Crippen LogP contribution in [0.2, 0.25) is 0 Å². The Labute approximate surface area is 136 Å². The topological polar surface area (TPSA) is 64.2 Å². The van der Waals surface area contributed by atoms with Crippen molar-refractivity contribution in [3.05, 3.63) is 30.1 Å². The predicted molar refractivity (Wildman–Crippen MR) is 88.4 cm³/mol. The fraction of sp³-hybridized carbons (Fsp3) is 0.556. The molecule has 0 radical (unpaired) electrons. The molecule has 124 valence electrons. The Hall–Kier alpha value is -1.72. The van der Waals surface area contributed by atoms with Gasteiger partial charge in [-0.25, -0.2) is 4.98 Å². The second-order valence-corrected chi connectivity index (χ2v) is 6.02. The predicted octanol–water partition coefficient (Wildman–Crippen LogP) is 3.71.